The van der Waals surface area contributed by atoms with Gasteiger partial charge in [0.2, 0.25) is 5.91 Å². The van der Waals surface area contributed by atoms with Crippen LogP contribution < -0.4 is 9.92 Å². The van der Waals surface area contributed by atoms with Crippen LogP contribution in [-0.2, 0) is 26.7 Å². The van der Waals surface area contributed by atoms with Crippen LogP contribution in [0.25, 0.3) is 0 Å². The molecule has 2 aliphatic rings. The van der Waals surface area contributed by atoms with Crippen molar-refractivity contribution in [2.24, 2.45) is 17.1 Å². The standard InChI is InChI=1S/C18H22F3NO4S/c1-16-8-3-9-17(2,15(22)23)14(16)7-4-11-10-12(5-6-13(11)16)26-27(24,25)18(19,20)21/h5-6,10,14H,3-4,7-9H2,1-2H3,(H2,22,23). The van der Waals surface area contributed by atoms with Gasteiger partial charge in [-0.15, -0.1) is 0 Å². The fourth-order valence-electron chi connectivity index (χ4n) is 4.99. The van der Waals surface area contributed by atoms with Crippen molar-refractivity contribution in [1.29, 1.82) is 0 Å². The molecule has 0 saturated heterocycles. The van der Waals surface area contributed by atoms with Gasteiger partial charge < -0.3 is 9.92 Å². The fraction of sp³-hybridized carbons (Fsp3) is 0.611. The highest BCUT2D eigenvalue weighted by Crippen LogP contribution is 2.57. The number of hydrogen-bond acceptors (Lipinski definition) is 4. The Balaban J connectivity index is 1.98. The zero-order valence-electron chi connectivity index (χ0n) is 15.1. The van der Waals surface area contributed by atoms with Crippen LogP contribution in [0.3, 0.4) is 0 Å². The van der Waals surface area contributed by atoms with Gasteiger partial charge in [0.1, 0.15) is 5.75 Å². The Kier molecular flexibility index (Phi) is 4.53. The van der Waals surface area contributed by atoms with Gasteiger partial charge in [-0.25, -0.2) is 0 Å². The molecule has 9 heteroatoms. The van der Waals surface area contributed by atoms with E-state index < -0.39 is 21.0 Å². The molecule has 1 aromatic rings. The molecule has 150 valence electrons. The highest BCUT2D eigenvalue weighted by molar-refractivity contribution is 7.88. The molecule has 3 unspecified atom stereocenters. The SMILES string of the molecule is CC1(C(N)=O)CCCC2(C)c3ccc(OS(=O)(=O)C(F)(F)F)cc3CCC12. The fourth-order valence-corrected chi connectivity index (χ4v) is 5.44. The normalized spacial score (nSPS) is 30.9. The molecule has 2 N–H and O–H groups in total. The maximum Gasteiger partial charge on any atom is 0.534 e. The van der Waals surface area contributed by atoms with Crippen LogP contribution in [0.15, 0.2) is 18.2 Å². The Labute approximate surface area is 156 Å². The molecule has 0 spiro atoms. The number of halogens is 3. The monoisotopic (exact) mass is 405 g/mol. The Bertz CT molecular complexity index is 883. The first-order valence-corrected chi connectivity index (χ1v) is 10.2. The van der Waals surface area contributed by atoms with Gasteiger partial charge in [0.05, 0.1) is 0 Å². The van der Waals surface area contributed by atoms with E-state index in [1.54, 1.807) is 6.07 Å². The predicted molar refractivity (Wildman–Crippen MR) is 92.4 cm³/mol. The molecule has 1 aromatic carbocycles. The Morgan fingerprint density at radius 3 is 2.52 bits per heavy atom. The highest BCUT2D eigenvalue weighted by Gasteiger charge is 2.54. The molecule has 5 nitrogen and oxygen atoms in total. The van der Waals surface area contributed by atoms with Crippen LogP contribution in [0.1, 0.15) is 50.7 Å². The van der Waals surface area contributed by atoms with Crippen molar-refractivity contribution in [3.63, 3.8) is 0 Å². The van der Waals surface area contributed by atoms with E-state index in [-0.39, 0.29) is 23.0 Å². The van der Waals surface area contributed by atoms with E-state index in [2.05, 4.69) is 4.18 Å². The summed E-state index contributed by atoms with van der Waals surface area (Å²) in [5.74, 6) is -0.672. The van der Waals surface area contributed by atoms with Crippen molar-refractivity contribution in [2.45, 2.75) is 56.9 Å². The summed E-state index contributed by atoms with van der Waals surface area (Å²) in [4.78, 5) is 12.1. The van der Waals surface area contributed by atoms with Gasteiger partial charge in [-0.3, -0.25) is 4.79 Å². The summed E-state index contributed by atoms with van der Waals surface area (Å²) >= 11 is 0. The van der Waals surface area contributed by atoms with E-state index >= 15 is 0 Å². The predicted octanol–water partition coefficient (Wildman–Crippen LogP) is 3.41. The van der Waals surface area contributed by atoms with Crippen LogP contribution >= 0.6 is 0 Å². The maximum atomic E-state index is 12.5. The maximum absolute atomic E-state index is 12.5. The minimum atomic E-state index is -5.71. The number of nitrogens with two attached hydrogens (primary N) is 1. The Morgan fingerprint density at radius 2 is 1.93 bits per heavy atom. The molecule has 0 aliphatic heterocycles. The summed E-state index contributed by atoms with van der Waals surface area (Å²) < 4.78 is 64.4. The third-order valence-electron chi connectivity index (χ3n) is 6.38. The minimum absolute atomic E-state index is 0.0226. The molecule has 0 aromatic heterocycles. The van der Waals surface area contributed by atoms with Crippen LogP contribution in [-0.4, -0.2) is 19.8 Å². The zero-order valence-corrected chi connectivity index (χ0v) is 15.9. The molecule has 3 atom stereocenters. The van der Waals surface area contributed by atoms with Gasteiger partial charge in [0.15, 0.2) is 0 Å². The topological polar surface area (TPSA) is 86.5 Å². The van der Waals surface area contributed by atoms with Crippen molar-refractivity contribution in [2.75, 3.05) is 0 Å². The van der Waals surface area contributed by atoms with Gasteiger partial charge in [0.25, 0.3) is 0 Å². The molecule has 0 heterocycles. The summed E-state index contributed by atoms with van der Waals surface area (Å²) in [6.45, 7) is 3.93. The second-order valence-electron chi connectivity index (χ2n) is 7.95. The van der Waals surface area contributed by atoms with E-state index in [0.717, 1.165) is 24.0 Å². The number of carbonyl (C=O) groups is 1. The van der Waals surface area contributed by atoms with Crippen molar-refractivity contribution in [3.05, 3.63) is 29.3 Å². The molecule has 1 amide bonds. The van der Waals surface area contributed by atoms with Gasteiger partial charge in [-0.05, 0) is 60.3 Å². The second-order valence-corrected chi connectivity index (χ2v) is 9.48. The number of aryl methyl sites for hydroxylation is 1. The van der Waals surface area contributed by atoms with Gasteiger partial charge >= 0.3 is 15.6 Å². The van der Waals surface area contributed by atoms with Gasteiger partial charge in [-0.2, -0.15) is 21.6 Å². The molecule has 1 saturated carbocycles. The lowest BCUT2D eigenvalue weighted by molar-refractivity contribution is -0.135. The number of carbonyl (C=O) groups excluding carboxylic acids is 1. The number of fused-ring (bicyclic) bond motifs is 3. The first kappa shape index (κ1) is 20.0. The average molecular weight is 405 g/mol. The number of benzene rings is 1. The molecule has 3 rings (SSSR count). The first-order chi connectivity index (χ1) is 12.3. The number of rotatable bonds is 3. The van der Waals surface area contributed by atoms with Gasteiger partial charge in [0, 0.05) is 5.41 Å². The van der Waals surface area contributed by atoms with Crippen molar-refractivity contribution in [3.8, 4) is 5.75 Å². The lowest BCUT2D eigenvalue weighted by Crippen LogP contribution is -2.54. The number of hydrogen-bond donors (Lipinski definition) is 1. The van der Waals surface area contributed by atoms with Crippen LogP contribution in [0.4, 0.5) is 13.2 Å². The molecule has 2 aliphatic carbocycles. The second kappa shape index (κ2) is 6.12. The Hall–Kier alpha value is -1.77. The van der Waals surface area contributed by atoms with E-state index in [1.807, 2.05) is 13.8 Å². The number of primary amides is 1. The molecule has 0 radical (unpaired) electrons. The lowest BCUT2D eigenvalue weighted by atomic mass is 9.49. The van der Waals surface area contributed by atoms with Crippen molar-refractivity contribution in [1.82, 2.24) is 0 Å². The molecule has 1 fully saturated rings. The summed E-state index contributed by atoms with van der Waals surface area (Å²) in [6.07, 6.45) is 3.52. The van der Waals surface area contributed by atoms with E-state index in [0.29, 0.717) is 19.3 Å². The zero-order chi connectivity index (χ0) is 20.3. The van der Waals surface area contributed by atoms with Crippen LogP contribution in [0, 0.1) is 11.3 Å². The highest BCUT2D eigenvalue weighted by atomic mass is 32.2. The van der Waals surface area contributed by atoms with Gasteiger partial charge in [-0.1, -0.05) is 26.3 Å². The lowest BCUT2D eigenvalue weighted by Gasteiger charge is -2.54. The first-order valence-electron chi connectivity index (χ1n) is 8.75. The molecule has 0 bridgehead atoms. The van der Waals surface area contributed by atoms with Crippen molar-refractivity contribution < 1.29 is 30.6 Å². The largest absolute Gasteiger partial charge is 0.534 e. The number of amides is 1. The quantitative estimate of drug-likeness (QED) is 0.617. The Morgan fingerprint density at radius 1 is 1.26 bits per heavy atom. The van der Waals surface area contributed by atoms with Crippen molar-refractivity contribution >= 4 is 16.0 Å². The molecular weight excluding hydrogens is 383 g/mol. The van der Waals surface area contributed by atoms with E-state index in [1.165, 1.54) is 12.1 Å². The number of alkyl halides is 3. The smallest absolute Gasteiger partial charge is 0.376 e. The molecule has 27 heavy (non-hydrogen) atoms. The van der Waals surface area contributed by atoms with Crippen LogP contribution in [0.2, 0.25) is 0 Å². The third kappa shape index (κ3) is 3.09. The average Bonchev–Trinajstić information content (AvgIpc) is 2.52. The minimum Gasteiger partial charge on any atom is -0.376 e. The van der Waals surface area contributed by atoms with E-state index in [4.69, 9.17) is 5.73 Å². The van der Waals surface area contributed by atoms with E-state index in [9.17, 15) is 26.4 Å². The summed E-state index contributed by atoms with van der Waals surface area (Å²) in [5, 5.41) is 0. The summed E-state index contributed by atoms with van der Waals surface area (Å²) in [6, 6.07) is 4.22. The summed E-state index contributed by atoms with van der Waals surface area (Å²) in [7, 11) is -5.71. The molecular formula is C18H22F3NO4S. The van der Waals surface area contributed by atoms with Crippen LogP contribution in [0.5, 0.6) is 5.75 Å². The summed E-state index contributed by atoms with van der Waals surface area (Å²) in [5.41, 5.74) is 0.887. The third-order valence-corrected chi connectivity index (χ3v) is 7.36.